The topological polar surface area (TPSA) is 92.3 Å². The number of hydrogen-bond donors (Lipinski definition) is 2. The Balaban J connectivity index is 2.33. The van der Waals surface area contributed by atoms with E-state index in [-0.39, 0.29) is 15.8 Å². The summed E-state index contributed by atoms with van der Waals surface area (Å²) in [6.07, 6.45) is 1.64. The molecular formula is C13H20N2O4S2. The van der Waals surface area contributed by atoms with Crippen molar-refractivity contribution in [2.45, 2.75) is 55.0 Å². The highest BCUT2D eigenvalue weighted by atomic mass is 32.2. The van der Waals surface area contributed by atoms with E-state index in [1.54, 1.807) is 20.8 Å². The Kier molecular flexibility index (Phi) is 4.18. The lowest BCUT2D eigenvalue weighted by Crippen LogP contribution is -2.40. The van der Waals surface area contributed by atoms with Gasteiger partial charge in [0, 0.05) is 11.6 Å². The molecule has 0 saturated heterocycles. The largest absolute Gasteiger partial charge is 0.241 e. The molecule has 0 aromatic heterocycles. The lowest BCUT2D eigenvalue weighted by Gasteiger charge is -2.20. The average Bonchev–Trinajstić information content (AvgIpc) is 3.09. The van der Waals surface area contributed by atoms with Gasteiger partial charge in [-0.05, 0) is 51.8 Å². The minimum Gasteiger partial charge on any atom is -0.208 e. The second-order valence-corrected chi connectivity index (χ2v) is 9.62. The standard InChI is InChI=1S/C13H20N2O4S2/c1-13(2,3)15-21(18,19)12-6-4-5-11(9-12)20(16,17)14-10-7-8-10/h4-6,9-10,14-15H,7-8H2,1-3H3. The molecule has 0 amide bonds. The maximum Gasteiger partial charge on any atom is 0.241 e. The highest BCUT2D eigenvalue weighted by Gasteiger charge is 2.29. The Morgan fingerprint density at radius 3 is 2.00 bits per heavy atom. The van der Waals surface area contributed by atoms with Gasteiger partial charge >= 0.3 is 0 Å². The first-order chi connectivity index (χ1) is 9.50. The molecule has 2 N–H and O–H groups in total. The lowest BCUT2D eigenvalue weighted by molar-refractivity contribution is 0.491. The van der Waals surface area contributed by atoms with E-state index >= 15 is 0 Å². The van der Waals surface area contributed by atoms with Crippen LogP contribution in [0, 0.1) is 0 Å². The van der Waals surface area contributed by atoms with Crippen LogP contribution in [0.2, 0.25) is 0 Å². The van der Waals surface area contributed by atoms with Gasteiger partial charge in [-0.1, -0.05) is 6.07 Å². The summed E-state index contributed by atoms with van der Waals surface area (Å²) in [5.41, 5.74) is -0.639. The van der Waals surface area contributed by atoms with Gasteiger partial charge in [-0.2, -0.15) is 0 Å². The van der Waals surface area contributed by atoms with E-state index in [2.05, 4.69) is 9.44 Å². The van der Waals surface area contributed by atoms with Crippen molar-refractivity contribution >= 4 is 20.0 Å². The second-order valence-electron chi connectivity index (χ2n) is 6.23. The fourth-order valence-electron chi connectivity index (χ4n) is 1.76. The number of sulfonamides is 2. The zero-order valence-electron chi connectivity index (χ0n) is 12.3. The SMILES string of the molecule is CC(C)(C)NS(=O)(=O)c1cccc(S(=O)(=O)NC2CC2)c1. The molecule has 118 valence electrons. The second kappa shape index (κ2) is 5.35. The van der Waals surface area contributed by atoms with Crippen molar-refractivity contribution in [3.05, 3.63) is 24.3 Å². The molecule has 0 aliphatic heterocycles. The molecule has 1 aromatic rings. The highest BCUT2D eigenvalue weighted by molar-refractivity contribution is 7.90. The third-order valence-electron chi connectivity index (χ3n) is 2.77. The van der Waals surface area contributed by atoms with Crippen molar-refractivity contribution < 1.29 is 16.8 Å². The molecule has 0 atom stereocenters. The summed E-state index contributed by atoms with van der Waals surface area (Å²) in [5, 5.41) is 0. The van der Waals surface area contributed by atoms with Crippen molar-refractivity contribution in [3.8, 4) is 0 Å². The molecule has 1 saturated carbocycles. The van der Waals surface area contributed by atoms with Crippen LogP contribution in [0.5, 0.6) is 0 Å². The maximum atomic E-state index is 12.2. The van der Waals surface area contributed by atoms with Gasteiger partial charge in [-0.3, -0.25) is 0 Å². The zero-order valence-corrected chi connectivity index (χ0v) is 13.9. The van der Waals surface area contributed by atoms with Crippen molar-refractivity contribution in [1.82, 2.24) is 9.44 Å². The van der Waals surface area contributed by atoms with Crippen molar-refractivity contribution in [2.24, 2.45) is 0 Å². The normalized spacial score (nSPS) is 16.9. The molecule has 1 aliphatic carbocycles. The Bertz CT molecular complexity index is 730. The van der Waals surface area contributed by atoms with Crippen LogP contribution in [0.25, 0.3) is 0 Å². The molecule has 6 nitrogen and oxygen atoms in total. The first kappa shape index (κ1) is 16.4. The zero-order chi connectivity index (χ0) is 15.9. The van der Waals surface area contributed by atoms with Crippen LogP contribution in [-0.2, 0) is 20.0 Å². The maximum absolute atomic E-state index is 12.2. The highest BCUT2D eigenvalue weighted by Crippen LogP contribution is 2.23. The third-order valence-corrected chi connectivity index (χ3v) is 6.04. The molecule has 1 fully saturated rings. The van der Waals surface area contributed by atoms with Crippen LogP contribution in [0.15, 0.2) is 34.1 Å². The van der Waals surface area contributed by atoms with E-state index in [4.69, 9.17) is 0 Å². The third kappa shape index (κ3) is 4.50. The molecule has 0 radical (unpaired) electrons. The van der Waals surface area contributed by atoms with Gasteiger partial charge < -0.3 is 0 Å². The average molecular weight is 332 g/mol. The summed E-state index contributed by atoms with van der Waals surface area (Å²) in [6, 6.07) is 5.35. The van der Waals surface area contributed by atoms with E-state index in [0.717, 1.165) is 12.8 Å². The van der Waals surface area contributed by atoms with Gasteiger partial charge in [0.25, 0.3) is 0 Å². The molecule has 1 aliphatic rings. The molecule has 21 heavy (non-hydrogen) atoms. The predicted molar refractivity (Wildman–Crippen MR) is 79.9 cm³/mol. The fourth-order valence-corrected chi connectivity index (χ4v) is 4.65. The molecule has 0 heterocycles. The van der Waals surface area contributed by atoms with E-state index in [1.807, 2.05) is 0 Å². The molecule has 8 heteroatoms. The predicted octanol–water partition coefficient (Wildman–Crippen LogP) is 1.20. The van der Waals surface area contributed by atoms with Gasteiger partial charge in [0.2, 0.25) is 20.0 Å². The number of benzene rings is 1. The van der Waals surface area contributed by atoms with Crippen LogP contribution >= 0.6 is 0 Å². The van der Waals surface area contributed by atoms with Crippen molar-refractivity contribution in [3.63, 3.8) is 0 Å². The number of nitrogens with one attached hydrogen (secondary N) is 2. The van der Waals surface area contributed by atoms with Gasteiger partial charge in [0.05, 0.1) is 9.79 Å². The summed E-state index contributed by atoms with van der Waals surface area (Å²) < 4.78 is 53.7. The van der Waals surface area contributed by atoms with Gasteiger partial charge in [0.15, 0.2) is 0 Å². The Morgan fingerprint density at radius 1 is 1.00 bits per heavy atom. The van der Waals surface area contributed by atoms with Gasteiger partial charge in [-0.15, -0.1) is 0 Å². The smallest absolute Gasteiger partial charge is 0.208 e. The number of hydrogen-bond acceptors (Lipinski definition) is 4. The Morgan fingerprint density at radius 2 is 1.52 bits per heavy atom. The summed E-state index contributed by atoms with van der Waals surface area (Å²) in [7, 11) is -7.42. The summed E-state index contributed by atoms with van der Waals surface area (Å²) in [4.78, 5) is -0.0951. The van der Waals surface area contributed by atoms with Crippen molar-refractivity contribution in [1.29, 1.82) is 0 Å². The first-order valence-electron chi connectivity index (χ1n) is 6.66. The monoisotopic (exact) mass is 332 g/mol. The van der Waals surface area contributed by atoms with E-state index in [0.29, 0.717) is 0 Å². The minimum absolute atomic E-state index is 0.0250. The van der Waals surface area contributed by atoms with Gasteiger partial charge in [0.1, 0.15) is 0 Å². The molecule has 0 bridgehead atoms. The molecular weight excluding hydrogens is 312 g/mol. The summed E-state index contributed by atoms with van der Waals surface area (Å²) in [5.74, 6) is 0. The van der Waals surface area contributed by atoms with Crippen LogP contribution < -0.4 is 9.44 Å². The minimum atomic E-state index is -3.76. The van der Waals surface area contributed by atoms with E-state index in [9.17, 15) is 16.8 Å². The van der Waals surface area contributed by atoms with Crippen molar-refractivity contribution in [2.75, 3.05) is 0 Å². The van der Waals surface area contributed by atoms with E-state index in [1.165, 1.54) is 24.3 Å². The van der Waals surface area contributed by atoms with Gasteiger partial charge in [-0.25, -0.2) is 26.3 Å². The van der Waals surface area contributed by atoms with Crippen LogP contribution in [0.3, 0.4) is 0 Å². The van der Waals surface area contributed by atoms with Crippen LogP contribution in [0.1, 0.15) is 33.6 Å². The molecule has 0 unspecified atom stereocenters. The van der Waals surface area contributed by atoms with E-state index < -0.39 is 25.6 Å². The molecule has 0 spiro atoms. The van der Waals surface area contributed by atoms with Crippen LogP contribution in [0.4, 0.5) is 0 Å². The number of rotatable bonds is 5. The Labute approximate surface area is 126 Å². The van der Waals surface area contributed by atoms with Crippen LogP contribution in [-0.4, -0.2) is 28.4 Å². The first-order valence-corrected chi connectivity index (χ1v) is 9.63. The summed E-state index contributed by atoms with van der Waals surface area (Å²) in [6.45, 7) is 5.17. The molecule has 2 rings (SSSR count). The Hall–Kier alpha value is -0.960. The quantitative estimate of drug-likeness (QED) is 0.847. The summed E-state index contributed by atoms with van der Waals surface area (Å²) >= 11 is 0. The fraction of sp³-hybridized carbons (Fsp3) is 0.538. The molecule has 1 aromatic carbocycles. The lowest BCUT2D eigenvalue weighted by atomic mass is 10.1.